The van der Waals surface area contributed by atoms with Crippen LogP contribution in [-0.4, -0.2) is 26.1 Å². The second-order valence-corrected chi connectivity index (χ2v) is 5.74. The molecule has 0 aliphatic rings. The molecule has 0 atom stereocenters. The topological polar surface area (TPSA) is 78.8 Å². The fourth-order valence-corrected chi connectivity index (χ4v) is 2.64. The summed E-state index contributed by atoms with van der Waals surface area (Å²) in [4.78, 5) is 13.6. The van der Waals surface area contributed by atoms with Crippen LogP contribution in [0.3, 0.4) is 0 Å². The molecule has 3 aromatic rings. The fourth-order valence-electron chi connectivity index (χ4n) is 2.64. The van der Waals surface area contributed by atoms with Crippen LogP contribution in [0.1, 0.15) is 26.6 Å². The van der Waals surface area contributed by atoms with E-state index >= 15 is 0 Å². The molecule has 0 spiro atoms. The number of hydrogen-bond acceptors (Lipinski definition) is 5. The number of nitrogens with zero attached hydrogens (tertiary/aromatic N) is 4. The predicted octanol–water partition coefficient (Wildman–Crippen LogP) is 2.75. The standard InChI is InChI=1S/C16H21N5O/c1-4-22-9-12-20-14-15(21(12)8-10(2)3)13-11(19-16(14)17)6-5-7-18-13/h5-7,10H,4,8-9H2,1-3H3,(H2,17,19). The number of pyridine rings is 2. The Morgan fingerprint density at radius 1 is 1.27 bits per heavy atom. The van der Waals surface area contributed by atoms with Gasteiger partial charge in [-0.3, -0.25) is 4.98 Å². The van der Waals surface area contributed by atoms with Crippen molar-refractivity contribution < 1.29 is 4.74 Å². The Hall–Kier alpha value is -2.21. The maximum Gasteiger partial charge on any atom is 0.152 e. The van der Waals surface area contributed by atoms with Crippen molar-refractivity contribution in [3.63, 3.8) is 0 Å². The number of ether oxygens (including phenoxy) is 1. The molecule has 3 rings (SSSR count). The molecule has 0 aromatic carbocycles. The van der Waals surface area contributed by atoms with Crippen molar-refractivity contribution in [1.29, 1.82) is 0 Å². The lowest BCUT2D eigenvalue weighted by atomic mass is 10.2. The summed E-state index contributed by atoms with van der Waals surface area (Å²) in [5.41, 5.74) is 9.40. The third-order valence-electron chi connectivity index (χ3n) is 3.52. The molecule has 6 heteroatoms. The zero-order valence-corrected chi connectivity index (χ0v) is 13.2. The maximum atomic E-state index is 6.11. The maximum absolute atomic E-state index is 6.11. The molecule has 0 bridgehead atoms. The minimum Gasteiger partial charge on any atom is -0.382 e. The molecule has 0 aliphatic carbocycles. The summed E-state index contributed by atoms with van der Waals surface area (Å²) in [6.45, 7) is 8.28. The third-order valence-corrected chi connectivity index (χ3v) is 3.52. The van der Waals surface area contributed by atoms with Crippen LogP contribution in [-0.2, 0) is 17.9 Å². The van der Waals surface area contributed by atoms with Gasteiger partial charge < -0.3 is 15.0 Å². The average molecular weight is 299 g/mol. The van der Waals surface area contributed by atoms with Gasteiger partial charge in [0.15, 0.2) is 5.82 Å². The Morgan fingerprint density at radius 3 is 2.82 bits per heavy atom. The van der Waals surface area contributed by atoms with Crippen LogP contribution in [0.5, 0.6) is 0 Å². The number of aromatic nitrogens is 4. The summed E-state index contributed by atoms with van der Waals surface area (Å²) >= 11 is 0. The van der Waals surface area contributed by atoms with Gasteiger partial charge in [0, 0.05) is 19.3 Å². The molecule has 0 aliphatic heterocycles. The van der Waals surface area contributed by atoms with Crippen LogP contribution in [0.25, 0.3) is 22.1 Å². The molecule has 22 heavy (non-hydrogen) atoms. The summed E-state index contributed by atoms with van der Waals surface area (Å²) in [5.74, 6) is 1.79. The summed E-state index contributed by atoms with van der Waals surface area (Å²) < 4.78 is 7.73. The van der Waals surface area contributed by atoms with Crippen LogP contribution in [0.2, 0.25) is 0 Å². The quantitative estimate of drug-likeness (QED) is 0.783. The van der Waals surface area contributed by atoms with E-state index in [0.29, 0.717) is 30.5 Å². The van der Waals surface area contributed by atoms with Crippen molar-refractivity contribution in [2.75, 3.05) is 12.3 Å². The summed E-state index contributed by atoms with van der Waals surface area (Å²) in [5, 5.41) is 0. The number of fused-ring (bicyclic) bond motifs is 3. The number of nitrogen functional groups attached to an aromatic ring is 1. The first-order valence-corrected chi connectivity index (χ1v) is 7.58. The van der Waals surface area contributed by atoms with E-state index < -0.39 is 0 Å². The van der Waals surface area contributed by atoms with E-state index in [9.17, 15) is 0 Å². The average Bonchev–Trinajstić information content (AvgIpc) is 2.84. The molecule has 0 radical (unpaired) electrons. The van der Waals surface area contributed by atoms with E-state index in [1.54, 1.807) is 6.20 Å². The zero-order valence-electron chi connectivity index (χ0n) is 13.2. The van der Waals surface area contributed by atoms with Crippen LogP contribution in [0.15, 0.2) is 18.3 Å². The molecule has 0 fully saturated rings. The zero-order chi connectivity index (χ0) is 15.7. The lowest BCUT2D eigenvalue weighted by molar-refractivity contribution is 0.125. The highest BCUT2D eigenvalue weighted by molar-refractivity contribution is 6.04. The smallest absolute Gasteiger partial charge is 0.152 e. The number of hydrogen-bond donors (Lipinski definition) is 1. The third kappa shape index (κ3) is 2.50. The van der Waals surface area contributed by atoms with Gasteiger partial charge in [-0.15, -0.1) is 0 Å². The Morgan fingerprint density at radius 2 is 2.09 bits per heavy atom. The molecule has 0 saturated carbocycles. The van der Waals surface area contributed by atoms with E-state index in [1.807, 2.05) is 19.1 Å². The summed E-state index contributed by atoms with van der Waals surface area (Å²) in [6, 6.07) is 3.79. The van der Waals surface area contributed by atoms with Gasteiger partial charge in [0.25, 0.3) is 0 Å². The molecule has 0 unspecified atom stereocenters. The van der Waals surface area contributed by atoms with Crippen LogP contribution >= 0.6 is 0 Å². The Balaban J connectivity index is 2.32. The summed E-state index contributed by atoms with van der Waals surface area (Å²) in [6.07, 6.45) is 1.77. The van der Waals surface area contributed by atoms with E-state index in [-0.39, 0.29) is 0 Å². The van der Waals surface area contributed by atoms with Crippen LogP contribution < -0.4 is 5.73 Å². The van der Waals surface area contributed by atoms with Crippen molar-refractivity contribution >= 4 is 27.9 Å². The second kappa shape index (κ2) is 5.88. The largest absolute Gasteiger partial charge is 0.382 e. The molecule has 2 N–H and O–H groups in total. The predicted molar refractivity (Wildman–Crippen MR) is 87.4 cm³/mol. The van der Waals surface area contributed by atoms with E-state index in [1.165, 1.54) is 0 Å². The van der Waals surface area contributed by atoms with Crippen molar-refractivity contribution in [3.8, 4) is 0 Å². The Labute approximate surface area is 129 Å². The number of rotatable bonds is 5. The van der Waals surface area contributed by atoms with Gasteiger partial charge in [-0.2, -0.15) is 0 Å². The first kappa shape index (κ1) is 14.7. The highest BCUT2D eigenvalue weighted by atomic mass is 16.5. The molecular weight excluding hydrogens is 278 g/mol. The van der Waals surface area contributed by atoms with Gasteiger partial charge in [-0.05, 0) is 25.0 Å². The lowest BCUT2D eigenvalue weighted by Gasteiger charge is -2.12. The van der Waals surface area contributed by atoms with Gasteiger partial charge in [0.1, 0.15) is 29.0 Å². The minimum absolute atomic E-state index is 0.441. The summed E-state index contributed by atoms with van der Waals surface area (Å²) in [7, 11) is 0. The van der Waals surface area contributed by atoms with Crippen LogP contribution in [0, 0.1) is 5.92 Å². The molecule has 116 valence electrons. The molecule has 0 saturated heterocycles. The highest BCUT2D eigenvalue weighted by Crippen LogP contribution is 2.28. The Bertz CT molecular complexity index is 809. The number of nitrogens with two attached hydrogens (primary N) is 1. The van der Waals surface area contributed by atoms with Gasteiger partial charge in [-0.25, -0.2) is 9.97 Å². The van der Waals surface area contributed by atoms with E-state index in [2.05, 4.69) is 33.4 Å². The molecule has 3 heterocycles. The highest BCUT2D eigenvalue weighted by Gasteiger charge is 2.18. The van der Waals surface area contributed by atoms with Gasteiger partial charge >= 0.3 is 0 Å². The van der Waals surface area contributed by atoms with Gasteiger partial charge in [0.05, 0.1) is 5.52 Å². The van der Waals surface area contributed by atoms with E-state index in [4.69, 9.17) is 10.5 Å². The van der Waals surface area contributed by atoms with Crippen molar-refractivity contribution in [1.82, 2.24) is 19.5 Å². The molecule has 0 amide bonds. The first-order chi connectivity index (χ1) is 10.6. The second-order valence-electron chi connectivity index (χ2n) is 5.74. The normalized spacial score (nSPS) is 11.8. The first-order valence-electron chi connectivity index (χ1n) is 7.58. The van der Waals surface area contributed by atoms with Crippen LogP contribution in [0.4, 0.5) is 5.82 Å². The van der Waals surface area contributed by atoms with Crippen molar-refractivity contribution in [3.05, 3.63) is 24.2 Å². The van der Waals surface area contributed by atoms with E-state index in [0.717, 1.165) is 28.9 Å². The molecular formula is C16H21N5O. The minimum atomic E-state index is 0.441. The van der Waals surface area contributed by atoms with Gasteiger partial charge in [-0.1, -0.05) is 13.8 Å². The van der Waals surface area contributed by atoms with Crippen molar-refractivity contribution in [2.45, 2.75) is 33.9 Å². The SMILES string of the molecule is CCOCc1nc2c(N)nc3cccnc3c2n1CC(C)C. The lowest BCUT2D eigenvalue weighted by Crippen LogP contribution is -2.10. The molecule has 6 nitrogen and oxygen atoms in total. The number of imidazole rings is 1. The number of anilines is 1. The van der Waals surface area contributed by atoms with Gasteiger partial charge in [0.2, 0.25) is 0 Å². The van der Waals surface area contributed by atoms with Crippen molar-refractivity contribution in [2.24, 2.45) is 5.92 Å². The fraction of sp³-hybridized carbons (Fsp3) is 0.438. The molecule has 3 aromatic heterocycles. The Kier molecular flexibility index (Phi) is 3.94. The monoisotopic (exact) mass is 299 g/mol.